The van der Waals surface area contributed by atoms with Crippen molar-refractivity contribution in [2.75, 3.05) is 5.32 Å². The maximum atomic E-state index is 11.3. The molecule has 0 fully saturated rings. The topological polar surface area (TPSA) is 111 Å². The smallest absolute Gasteiger partial charge is 0.238 e. The van der Waals surface area contributed by atoms with Gasteiger partial charge in [-0.25, -0.2) is 23.5 Å². The summed E-state index contributed by atoms with van der Waals surface area (Å²) in [5, 5.41) is 8.95. The third-order valence-electron chi connectivity index (χ3n) is 3.55. The number of benzene rings is 1. The van der Waals surface area contributed by atoms with Gasteiger partial charge in [0.1, 0.15) is 5.76 Å². The van der Waals surface area contributed by atoms with E-state index < -0.39 is 10.0 Å². The van der Waals surface area contributed by atoms with E-state index in [0.29, 0.717) is 16.8 Å². The lowest BCUT2D eigenvalue weighted by Gasteiger charge is -2.12. The van der Waals surface area contributed by atoms with E-state index in [4.69, 9.17) is 9.56 Å². The average molecular weight is 425 g/mol. The van der Waals surface area contributed by atoms with Gasteiger partial charge in [0.2, 0.25) is 15.9 Å². The van der Waals surface area contributed by atoms with Gasteiger partial charge in [-0.05, 0) is 24.3 Å². The minimum Gasteiger partial charge on any atom is -0.444 e. The zero-order valence-electron chi connectivity index (χ0n) is 15.1. The van der Waals surface area contributed by atoms with Crippen LogP contribution in [0.1, 0.15) is 32.4 Å². The second-order valence-corrected chi connectivity index (χ2v) is 10.7. The lowest BCUT2D eigenvalue weighted by Crippen LogP contribution is -2.11. The van der Waals surface area contributed by atoms with Crippen molar-refractivity contribution in [3.8, 4) is 0 Å². The zero-order valence-corrected chi connectivity index (χ0v) is 17.5. The number of thiazole rings is 1. The molecule has 2 aromatic heterocycles. The van der Waals surface area contributed by atoms with Crippen molar-refractivity contribution in [1.82, 2.24) is 9.97 Å². The molecular weight excluding hydrogens is 404 g/mol. The van der Waals surface area contributed by atoms with Crippen LogP contribution in [0, 0.1) is 0 Å². The number of nitrogens with two attached hydrogens (primary N) is 1. The van der Waals surface area contributed by atoms with E-state index in [1.165, 1.54) is 23.5 Å². The summed E-state index contributed by atoms with van der Waals surface area (Å²) in [6.45, 7) is 6.25. The molecule has 10 heteroatoms. The molecule has 0 bridgehead atoms. The average Bonchev–Trinajstić information content (AvgIpc) is 3.21. The largest absolute Gasteiger partial charge is 0.444 e. The molecule has 3 N–H and O–H groups in total. The molecule has 144 valence electrons. The number of nitrogens with one attached hydrogen (secondary N) is 1. The highest BCUT2D eigenvalue weighted by molar-refractivity contribution is 8.00. The molecule has 2 heterocycles. The Bertz CT molecular complexity index is 1020. The molecule has 1 aromatic carbocycles. The first-order chi connectivity index (χ1) is 12.6. The Hall–Kier alpha value is -1.88. The number of thioether (sulfide) groups is 1. The third kappa shape index (κ3) is 5.32. The van der Waals surface area contributed by atoms with Gasteiger partial charge in [0, 0.05) is 11.1 Å². The van der Waals surface area contributed by atoms with Gasteiger partial charge < -0.3 is 9.73 Å². The number of nitrogens with zero attached hydrogens (tertiary/aromatic N) is 2. The molecule has 0 amide bonds. The Morgan fingerprint density at radius 2 is 1.89 bits per heavy atom. The summed E-state index contributed by atoms with van der Waals surface area (Å²) < 4.78 is 29.4. The van der Waals surface area contributed by atoms with E-state index in [2.05, 4.69) is 36.1 Å². The van der Waals surface area contributed by atoms with Crippen molar-refractivity contribution in [2.45, 2.75) is 41.0 Å². The van der Waals surface area contributed by atoms with Crippen molar-refractivity contribution in [3.05, 3.63) is 48.3 Å². The third-order valence-corrected chi connectivity index (χ3v) is 6.57. The minimum atomic E-state index is -3.69. The summed E-state index contributed by atoms with van der Waals surface area (Å²) >= 11 is 3.10. The highest BCUT2D eigenvalue weighted by Gasteiger charge is 2.19. The number of aromatic nitrogens is 2. The summed E-state index contributed by atoms with van der Waals surface area (Å²) in [6.07, 6.45) is 3.56. The monoisotopic (exact) mass is 424 g/mol. The summed E-state index contributed by atoms with van der Waals surface area (Å²) in [7, 11) is -3.69. The van der Waals surface area contributed by atoms with Gasteiger partial charge in [0.05, 0.1) is 27.3 Å². The van der Waals surface area contributed by atoms with Crippen LogP contribution in [-0.2, 0) is 21.2 Å². The number of hydrogen-bond acceptors (Lipinski definition) is 8. The van der Waals surface area contributed by atoms with E-state index in [-0.39, 0.29) is 10.3 Å². The normalized spacial score (nSPS) is 12.3. The molecule has 0 saturated carbocycles. The standard InChI is InChI=1S/C17H20N4O3S3/c1-17(2,3)13-8-19-14(24-13)10-25-15-9-20-16(26-15)21-11-4-6-12(7-5-11)27(18,22)23/h4-9H,10H2,1-3H3,(H,20,21)(H2,18,22,23). The molecule has 0 aliphatic rings. The lowest BCUT2D eigenvalue weighted by molar-refractivity contribution is 0.391. The quantitative estimate of drug-likeness (QED) is 0.573. The number of hydrogen-bond donors (Lipinski definition) is 2. The molecule has 0 atom stereocenters. The van der Waals surface area contributed by atoms with E-state index in [9.17, 15) is 8.42 Å². The van der Waals surface area contributed by atoms with Crippen molar-refractivity contribution >= 4 is 43.9 Å². The number of sulfonamides is 1. The van der Waals surface area contributed by atoms with Crippen molar-refractivity contribution in [3.63, 3.8) is 0 Å². The molecule has 0 radical (unpaired) electrons. The molecule has 27 heavy (non-hydrogen) atoms. The van der Waals surface area contributed by atoms with Crippen molar-refractivity contribution in [1.29, 1.82) is 0 Å². The van der Waals surface area contributed by atoms with Crippen LogP contribution in [0.4, 0.5) is 10.8 Å². The molecule has 0 unspecified atom stereocenters. The predicted octanol–water partition coefficient (Wildman–Crippen LogP) is 4.11. The molecule has 3 rings (SSSR count). The number of anilines is 2. The number of oxazole rings is 1. The van der Waals surface area contributed by atoms with Gasteiger partial charge in [0.15, 0.2) is 5.13 Å². The Morgan fingerprint density at radius 1 is 1.19 bits per heavy atom. The van der Waals surface area contributed by atoms with Crippen LogP contribution in [-0.4, -0.2) is 18.4 Å². The van der Waals surface area contributed by atoms with Gasteiger partial charge in [-0.1, -0.05) is 32.1 Å². The van der Waals surface area contributed by atoms with Crippen LogP contribution in [0.25, 0.3) is 0 Å². The molecule has 0 aliphatic carbocycles. The van der Waals surface area contributed by atoms with Gasteiger partial charge in [-0.15, -0.1) is 11.8 Å². The van der Waals surface area contributed by atoms with E-state index >= 15 is 0 Å². The molecule has 7 nitrogen and oxygen atoms in total. The van der Waals surface area contributed by atoms with Crippen LogP contribution >= 0.6 is 23.1 Å². The van der Waals surface area contributed by atoms with E-state index in [1.807, 2.05) is 0 Å². The molecule has 0 aliphatic heterocycles. The fourth-order valence-corrected chi connectivity index (χ4v) is 4.35. The highest BCUT2D eigenvalue weighted by atomic mass is 32.2. The maximum absolute atomic E-state index is 11.3. The van der Waals surface area contributed by atoms with E-state index in [1.54, 1.807) is 36.3 Å². The summed E-state index contributed by atoms with van der Waals surface area (Å²) in [6, 6.07) is 6.20. The first-order valence-electron chi connectivity index (χ1n) is 8.05. The first-order valence-corrected chi connectivity index (χ1v) is 11.4. The summed E-state index contributed by atoms with van der Waals surface area (Å²) in [5.41, 5.74) is 0.673. The van der Waals surface area contributed by atoms with Gasteiger partial charge in [0.25, 0.3) is 0 Å². The molecule has 0 spiro atoms. The molecule has 3 aromatic rings. The van der Waals surface area contributed by atoms with Gasteiger partial charge in [-0.3, -0.25) is 0 Å². The molecule has 0 saturated heterocycles. The number of rotatable bonds is 6. The van der Waals surface area contributed by atoms with Crippen LogP contribution in [0.2, 0.25) is 0 Å². The fourth-order valence-electron chi connectivity index (χ4n) is 2.09. The van der Waals surface area contributed by atoms with Crippen LogP contribution in [0.5, 0.6) is 0 Å². The Morgan fingerprint density at radius 3 is 2.48 bits per heavy atom. The van der Waals surface area contributed by atoms with Gasteiger partial charge >= 0.3 is 0 Å². The number of primary sulfonamides is 1. The maximum Gasteiger partial charge on any atom is 0.238 e. The van der Waals surface area contributed by atoms with E-state index in [0.717, 1.165) is 15.7 Å². The zero-order chi connectivity index (χ0) is 19.7. The SMILES string of the molecule is CC(C)(C)c1cnc(CSc2cnc(Nc3ccc(S(N)(=O)=O)cc3)s2)o1. The predicted molar refractivity (Wildman–Crippen MR) is 108 cm³/mol. The fraction of sp³-hybridized carbons (Fsp3) is 0.294. The second-order valence-electron chi connectivity index (χ2n) is 6.84. The van der Waals surface area contributed by atoms with Crippen LogP contribution in [0.15, 0.2) is 50.2 Å². The summed E-state index contributed by atoms with van der Waals surface area (Å²) in [5.74, 6) is 2.18. The second kappa shape index (κ2) is 7.63. The first kappa shape index (κ1) is 19.9. The van der Waals surface area contributed by atoms with Crippen molar-refractivity contribution < 1.29 is 12.8 Å². The van der Waals surface area contributed by atoms with Crippen molar-refractivity contribution in [2.24, 2.45) is 5.14 Å². The highest BCUT2D eigenvalue weighted by Crippen LogP contribution is 2.33. The van der Waals surface area contributed by atoms with Crippen LogP contribution in [0.3, 0.4) is 0 Å². The Kier molecular flexibility index (Phi) is 5.61. The lowest BCUT2D eigenvalue weighted by atomic mass is 9.94. The van der Waals surface area contributed by atoms with Crippen LogP contribution < -0.4 is 10.5 Å². The minimum absolute atomic E-state index is 0.0593. The Labute approximate surface area is 166 Å². The summed E-state index contributed by atoms with van der Waals surface area (Å²) in [4.78, 5) is 8.73. The molecular formula is C17H20N4O3S3. The van der Waals surface area contributed by atoms with Gasteiger partial charge in [-0.2, -0.15) is 0 Å². The Balaban J connectivity index is 1.59.